The van der Waals surface area contributed by atoms with Crippen LogP contribution in [0.5, 0.6) is 5.75 Å². The van der Waals surface area contributed by atoms with Crippen LogP contribution in [0.3, 0.4) is 0 Å². The summed E-state index contributed by atoms with van der Waals surface area (Å²) in [5.41, 5.74) is 8.17. The van der Waals surface area contributed by atoms with E-state index in [2.05, 4.69) is 21.4 Å². The van der Waals surface area contributed by atoms with Crippen LogP contribution >= 0.6 is 11.3 Å². The molecule has 3 heterocycles. The SMILES string of the molecule is COC(=O)c1ccc(C2C(C#N)=C(N)Oc3c2c(=O)[nH]c2nc(Nc4ccccc4)sc32)cc1. The van der Waals surface area contributed by atoms with Gasteiger partial charge in [0, 0.05) is 5.69 Å². The number of benzene rings is 2. The topological polar surface area (TPSA) is 143 Å². The zero-order chi connectivity index (χ0) is 23.8. The van der Waals surface area contributed by atoms with Crippen LogP contribution in [0.2, 0.25) is 0 Å². The first-order valence-electron chi connectivity index (χ1n) is 10.1. The first kappa shape index (κ1) is 21.2. The second-order valence-corrected chi connectivity index (χ2v) is 8.42. The van der Waals surface area contributed by atoms with Crippen LogP contribution in [0, 0.1) is 11.3 Å². The molecule has 0 amide bonds. The van der Waals surface area contributed by atoms with Gasteiger partial charge in [-0.2, -0.15) is 5.26 Å². The van der Waals surface area contributed by atoms with Crippen molar-refractivity contribution in [3.63, 3.8) is 0 Å². The number of anilines is 2. The van der Waals surface area contributed by atoms with Crippen molar-refractivity contribution in [1.29, 1.82) is 5.26 Å². The van der Waals surface area contributed by atoms with Gasteiger partial charge in [-0.25, -0.2) is 9.78 Å². The van der Waals surface area contributed by atoms with E-state index in [1.165, 1.54) is 18.4 Å². The number of carbonyl (C=O) groups is 1. The number of aromatic nitrogens is 2. The van der Waals surface area contributed by atoms with E-state index in [4.69, 9.17) is 15.2 Å². The number of nitrogens with one attached hydrogen (secondary N) is 2. The normalized spacial score (nSPS) is 14.8. The Balaban J connectivity index is 1.65. The number of aromatic amines is 1. The lowest BCUT2D eigenvalue weighted by Crippen LogP contribution is -2.27. The number of allylic oxidation sites excluding steroid dienone is 1. The number of rotatable bonds is 4. The minimum atomic E-state index is -0.777. The summed E-state index contributed by atoms with van der Waals surface area (Å²) in [6.07, 6.45) is 0. The van der Waals surface area contributed by atoms with Gasteiger partial charge in [0.25, 0.3) is 5.56 Å². The van der Waals surface area contributed by atoms with Gasteiger partial charge in [-0.3, -0.25) is 4.79 Å². The number of thiazole rings is 1. The van der Waals surface area contributed by atoms with Crippen molar-refractivity contribution in [3.8, 4) is 11.8 Å². The van der Waals surface area contributed by atoms with Crippen molar-refractivity contribution in [2.75, 3.05) is 12.4 Å². The van der Waals surface area contributed by atoms with E-state index in [1.54, 1.807) is 24.3 Å². The zero-order valence-corrected chi connectivity index (χ0v) is 18.6. The summed E-state index contributed by atoms with van der Waals surface area (Å²) in [7, 11) is 1.29. The number of hydrogen-bond acceptors (Lipinski definition) is 9. The number of esters is 1. The highest BCUT2D eigenvalue weighted by Gasteiger charge is 2.35. The zero-order valence-electron chi connectivity index (χ0n) is 17.8. The Bertz CT molecular complexity index is 1550. The van der Waals surface area contributed by atoms with Crippen LogP contribution < -0.4 is 21.3 Å². The second kappa shape index (κ2) is 8.38. The molecule has 1 aliphatic rings. The molecule has 0 aliphatic carbocycles. The fraction of sp³-hybridized carbons (Fsp3) is 0.0833. The maximum Gasteiger partial charge on any atom is 0.337 e. The molecular weight excluding hydrogens is 454 g/mol. The Kier molecular flexibility index (Phi) is 5.24. The van der Waals surface area contributed by atoms with Gasteiger partial charge in [-0.1, -0.05) is 41.7 Å². The molecule has 9 nitrogen and oxygen atoms in total. The minimum absolute atomic E-state index is 0.0880. The van der Waals surface area contributed by atoms with E-state index >= 15 is 0 Å². The average molecular weight is 471 g/mol. The predicted molar refractivity (Wildman–Crippen MR) is 127 cm³/mol. The van der Waals surface area contributed by atoms with E-state index in [9.17, 15) is 14.9 Å². The number of nitrogens with zero attached hydrogens (tertiary/aromatic N) is 2. The fourth-order valence-corrected chi connectivity index (χ4v) is 4.79. The van der Waals surface area contributed by atoms with E-state index < -0.39 is 17.4 Å². The van der Waals surface area contributed by atoms with Crippen molar-refractivity contribution >= 4 is 38.5 Å². The van der Waals surface area contributed by atoms with Gasteiger partial charge in [-0.05, 0) is 29.8 Å². The van der Waals surface area contributed by atoms with E-state index in [0.717, 1.165) is 5.69 Å². The van der Waals surface area contributed by atoms with Crippen LogP contribution in [-0.2, 0) is 4.74 Å². The summed E-state index contributed by atoms with van der Waals surface area (Å²) in [5.74, 6) is -1.09. The van der Waals surface area contributed by atoms with Crippen LogP contribution in [0.1, 0.15) is 27.4 Å². The molecule has 1 unspecified atom stereocenters. The highest BCUT2D eigenvalue weighted by molar-refractivity contribution is 7.22. The van der Waals surface area contributed by atoms with E-state index in [-0.39, 0.29) is 22.8 Å². The monoisotopic (exact) mass is 471 g/mol. The summed E-state index contributed by atoms with van der Waals surface area (Å²) in [6, 6.07) is 18.0. The first-order valence-corrected chi connectivity index (χ1v) is 11.0. The third kappa shape index (κ3) is 3.54. The number of ether oxygens (including phenoxy) is 2. The quantitative estimate of drug-likeness (QED) is 0.382. The molecule has 0 fully saturated rings. The lowest BCUT2D eigenvalue weighted by atomic mass is 9.84. The van der Waals surface area contributed by atoms with Crippen molar-refractivity contribution in [2.45, 2.75) is 5.92 Å². The van der Waals surface area contributed by atoms with Crippen LogP contribution in [0.25, 0.3) is 10.3 Å². The molecule has 1 aliphatic heterocycles. The summed E-state index contributed by atoms with van der Waals surface area (Å²) in [6.45, 7) is 0. The molecule has 1 atom stereocenters. The van der Waals surface area contributed by atoms with Gasteiger partial charge < -0.3 is 25.5 Å². The number of nitriles is 1. The molecule has 2 aromatic carbocycles. The number of fused-ring (bicyclic) bond motifs is 3. The number of hydrogen-bond donors (Lipinski definition) is 3. The van der Waals surface area contributed by atoms with Crippen molar-refractivity contribution in [1.82, 2.24) is 9.97 Å². The van der Waals surface area contributed by atoms with Gasteiger partial charge in [0.1, 0.15) is 16.3 Å². The standard InChI is InChI=1S/C24H17N5O4S/c1-32-23(31)13-9-7-12(8-10-13)16-15(11-25)20(26)33-18-17(16)22(30)28-21-19(18)34-24(29-21)27-14-5-3-2-4-6-14/h2-10,16H,26H2,1H3,(H2,27,28,29,30). The molecule has 4 aromatic rings. The Morgan fingerprint density at radius 2 is 1.97 bits per heavy atom. The van der Waals surface area contributed by atoms with Gasteiger partial charge in [0.2, 0.25) is 5.88 Å². The van der Waals surface area contributed by atoms with Crippen LogP contribution in [0.15, 0.2) is 70.8 Å². The summed E-state index contributed by atoms with van der Waals surface area (Å²) < 4.78 is 11.1. The molecular formula is C24H17N5O4S. The average Bonchev–Trinajstić information content (AvgIpc) is 3.25. The Hall–Kier alpha value is -4.62. The number of H-pyrrole nitrogens is 1. The molecule has 0 bridgehead atoms. The highest BCUT2D eigenvalue weighted by Crippen LogP contribution is 2.45. The minimum Gasteiger partial charge on any atom is -0.465 e. The Morgan fingerprint density at radius 1 is 1.24 bits per heavy atom. The molecule has 10 heteroatoms. The number of para-hydroxylation sites is 1. The molecule has 0 spiro atoms. The second-order valence-electron chi connectivity index (χ2n) is 7.42. The van der Waals surface area contributed by atoms with Crippen molar-refractivity contribution < 1.29 is 14.3 Å². The maximum absolute atomic E-state index is 13.2. The first-order chi connectivity index (χ1) is 16.5. The third-order valence-electron chi connectivity index (χ3n) is 5.42. The number of nitrogens with two attached hydrogens (primary N) is 1. The van der Waals surface area contributed by atoms with Crippen molar-refractivity contribution in [2.24, 2.45) is 5.73 Å². The summed E-state index contributed by atoms with van der Waals surface area (Å²) >= 11 is 1.29. The molecule has 0 radical (unpaired) electrons. The third-order valence-corrected chi connectivity index (χ3v) is 6.39. The summed E-state index contributed by atoms with van der Waals surface area (Å²) in [4.78, 5) is 32.3. The van der Waals surface area contributed by atoms with Gasteiger partial charge in [-0.15, -0.1) is 0 Å². The number of methoxy groups -OCH3 is 1. The highest BCUT2D eigenvalue weighted by atomic mass is 32.1. The fourth-order valence-electron chi connectivity index (χ4n) is 3.86. The number of carbonyl (C=O) groups excluding carboxylic acids is 1. The Morgan fingerprint density at radius 3 is 2.65 bits per heavy atom. The van der Waals surface area contributed by atoms with Crippen LogP contribution in [0.4, 0.5) is 10.8 Å². The van der Waals surface area contributed by atoms with Gasteiger partial charge in [0.15, 0.2) is 16.5 Å². The summed E-state index contributed by atoms with van der Waals surface area (Å²) in [5, 5.41) is 13.6. The largest absolute Gasteiger partial charge is 0.465 e. The number of pyridine rings is 1. The van der Waals surface area contributed by atoms with E-state index in [0.29, 0.717) is 26.6 Å². The molecule has 5 rings (SSSR count). The molecule has 4 N–H and O–H groups in total. The van der Waals surface area contributed by atoms with Crippen molar-refractivity contribution in [3.05, 3.63) is 93.1 Å². The molecule has 168 valence electrons. The maximum atomic E-state index is 13.2. The van der Waals surface area contributed by atoms with E-state index in [1.807, 2.05) is 30.3 Å². The van der Waals surface area contributed by atoms with Crippen LogP contribution in [-0.4, -0.2) is 23.0 Å². The predicted octanol–water partition coefficient (Wildman–Crippen LogP) is 3.73. The molecule has 34 heavy (non-hydrogen) atoms. The smallest absolute Gasteiger partial charge is 0.337 e. The van der Waals surface area contributed by atoms with Gasteiger partial charge in [0.05, 0.1) is 24.2 Å². The molecule has 0 saturated heterocycles. The Labute approximate surface area is 197 Å². The lowest BCUT2D eigenvalue weighted by Gasteiger charge is -2.25. The lowest BCUT2D eigenvalue weighted by molar-refractivity contribution is 0.0600. The molecule has 0 saturated carbocycles. The molecule has 2 aromatic heterocycles. The van der Waals surface area contributed by atoms with Gasteiger partial charge >= 0.3 is 5.97 Å².